The SMILES string of the molecule is CCC1CN(CC(NC(C)C)C(N)=O)CCO1. The third-order valence-electron chi connectivity index (χ3n) is 3.00. The fraction of sp³-hybridized carbons (Fsp3) is 0.917. The lowest BCUT2D eigenvalue weighted by Crippen LogP contribution is -2.54. The maximum atomic E-state index is 11.4. The summed E-state index contributed by atoms with van der Waals surface area (Å²) in [6, 6.07) is -0.0129. The van der Waals surface area contributed by atoms with Gasteiger partial charge in [-0.2, -0.15) is 0 Å². The second kappa shape index (κ2) is 6.93. The first-order valence-electron chi connectivity index (χ1n) is 6.42. The third-order valence-corrected chi connectivity index (χ3v) is 3.00. The van der Waals surface area contributed by atoms with Crippen LogP contribution in [0, 0.1) is 0 Å². The summed E-state index contributed by atoms with van der Waals surface area (Å²) in [5.41, 5.74) is 5.41. The Labute approximate surface area is 104 Å². The van der Waals surface area contributed by atoms with Crippen LogP contribution in [0.15, 0.2) is 0 Å². The molecule has 2 atom stereocenters. The second-order valence-electron chi connectivity index (χ2n) is 4.94. The van der Waals surface area contributed by atoms with Crippen LogP contribution in [-0.4, -0.2) is 55.2 Å². The minimum atomic E-state index is -0.279. The fourth-order valence-electron chi connectivity index (χ4n) is 2.08. The van der Waals surface area contributed by atoms with Gasteiger partial charge in [0.25, 0.3) is 0 Å². The Kier molecular flexibility index (Phi) is 5.88. The van der Waals surface area contributed by atoms with E-state index >= 15 is 0 Å². The van der Waals surface area contributed by atoms with Crippen LogP contribution in [0.2, 0.25) is 0 Å². The highest BCUT2D eigenvalue weighted by molar-refractivity contribution is 5.80. The zero-order chi connectivity index (χ0) is 12.8. The number of nitrogens with two attached hydrogens (primary N) is 1. The molecule has 0 bridgehead atoms. The van der Waals surface area contributed by atoms with Crippen molar-refractivity contribution in [3.8, 4) is 0 Å². The Balaban J connectivity index is 2.45. The van der Waals surface area contributed by atoms with Crippen molar-refractivity contribution in [2.24, 2.45) is 5.73 Å². The maximum absolute atomic E-state index is 11.4. The van der Waals surface area contributed by atoms with Crippen LogP contribution in [-0.2, 0) is 9.53 Å². The highest BCUT2D eigenvalue weighted by atomic mass is 16.5. The smallest absolute Gasteiger partial charge is 0.235 e. The van der Waals surface area contributed by atoms with E-state index in [0.29, 0.717) is 6.54 Å². The van der Waals surface area contributed by atoms with Gasteiger partial charge >= 0.3 is 0 Å². The van der Waals surface area contributed by atoms with Gasteiger partial charge in [0.1, 0.15) is 0 Å². The molecule has 1 heterocycles. The van der Waals surface area contributed by atoms with Crippen molar-refractivity contribution in [3.05, 3.63) is 0 Å². The molecule has 1 rings (SSSR count). The number of amides is 1. The first-order valence-corrected chi connectivity index (χ1v) is 6.42. The zero-order valence-corrected chi connectivity index (χ0v) is 11.1. The minimum absolute atomic E-state index is 0.260. The topological polar surface area (TPSA) is 67.6 Å². The van der Waals surface area contributed by atoms with Crippen molar-refractivity contribution in [2.75, 3.05) is 26.2 Å². The lowest BCUT2D eigenvalue weighted by Gasteiger charge is -2.34. The van der Waals surface area contributed by atoms with E-state index in [1.807, 2.05) is 13.8 Å². The lowest BCUT2D eigenvalue weighted by molar-refractivity contribution is -0.121. The summed E-state index contributed by atoms with van der Waals surface area (Å²) in [5, 5.41) is 3.20. The van der Waals surface area contributed by atoms with Crippen LogP contribution < -0.4 is 11.1 Å². The molecule has 17 heavy (non-hydrogen) atoms. The zero-order valence-electron chi connectivity index (χ0n) is 11.1. The highest BCUT2D eigenvalue weighted by Gasteiger charge is 2.24. The predicted octanol–water partition coefficient (Wildman–Crippen LogP) is -0.0509. The Morgan fingerprint density at radius 1 is 1.59 bits per heavy atom. The third kappa shape index (κ3) is 5.02. The highest BCUT2D eigenvalue weighted by Crippen LogP contribution is 2.08. The number of morpholine rings is 1. The molecule has 0 aliphatic carbocycles. The number of primary amides is 1. The van der Waals surface area contributed by atoms with E-state index < -0.39 is 0 Å². The van der Waals surface area contributed by atoms with E-state index in [9.17, 15) is 4.79 Å². The fourth-order valence-corrected chi connectivity index (χ4v) is 2.08. The monoisotopic (exact) mass is 243 g/mol. The van der Waals surface area contributed by atoms with Crippen molar-refractivity contribution in [1.29, 1.82) is 0 Å². The molecule has 0 aromatic carbocycles. The number of nitrogens with one attached hydrogen (secondary N) is 1. The number of hydrogen-bond acceptors (Lipinski definition) is 4. The normalized spacial score (nSPS) is 23.9. The molecule has 1 aliphatic rings. The number of carbonyl (C=O) groups is 1. The number of nitrogens with zero attached hydrogens (tertiary/aromatic N) is 1. The average molecular weight is 243 g/mol. The predicted molar refractivity (Wildman–Crippen MR) is 67.7 cm³/mol. The van der Waals surface area contributed by atoms with Gasteiger partial charge in [-0.3, -0.25) is 9.69 Å². The van der Waals surface area contributed by atoms with Crippen molar-refractivity contribution in [3.63, 3.8) is 0 Å². The molecule has 0 saturated carbocycles. The molecule has 5 heteroatoms. The van der Waals surface area contributed by atoms with E-state index in [0.717, 1.165) is 26.1 Å². The standard InChI is InChI=1S/C12H25N3O2/c1-4-10-7-15(5-6-17-10)8-11(12(13)16)14-9(2)3/h9-11,14H,4-8H2,1-3H3,(H2,13,16). The van der Waals surface area contributed by atoms with Gasteiger partial charge < -0.3 is 15.8 Å². The molecular weight excluding hydrogens is 218 g/mol. The second-order valence-corrected chi connectivity index (χ2v) is 4.94. The molecule has 1 fully saturated rings. The molecule has 0 radical (unpaired) electrons. The molecule has 100 valence electrons. The summed E-state index contributed by atoms with van der Waals surface area (Å²) in [4.78, 5) is 13.6. The van der Waals surface area contributed by atoms with Crippen LogP contribution >= 0.6 is 0 Å². The molecule has 0 aromatic heterocycles. The summed E-state index contributed by atoms with van der Waals surface area (Å²) in [5.74, 6) is -0.279. The van der Waals surface area contributed by atoms with E-state index in [4.69, 9.17) is 10.5 Å². The van der Waals surface area contributed by atoms with Gasteiger partial charge in [0.2, 0.25) is 5.91 Å². The lowest BCUT2D eigenvalue weighted by atomic mass is 10.1. The summed E-state index contributed by atoms with van der Waals surface area (Å²) < 4.78 is 5.60. The van der Waals surface area contributed by atoms with Crippen LogP contribution in [0.25, 0.3) is 0 Å². The maximum Gasteiger partial charge on any atom is 0.235 e. The largest absolute Gasteiger partial charge is 0.376 e. The molecule has 1 saturated heterocycles. The number of rotatable bonds is 6. The number of carbonyl (C=O) groups excluding carboxylic acids is 1. The first kappa shape index (κ1) is 14.4. The number of hydrogen-bond donors (Lipinski definition) is 2. The summed E-state index contributed by atoms with van der Waals surface area (Å²) in [7, 11) is 0. The molecule has 1 aliphatic heterocycles. The Morgan fingerprint density at radius 3 is 2.82 bits per heavy atom. The van der Waals surface area contributed by atoms with E-state index in [1.54, 1.807) is 0 Å². The molecule has 0 spiro atoms. The minimum Gasteiger partial charge on any atom is -0.376 e. The van der Waals surface area contributed by atoms with Gasteiger partial charge in [0, 0.05) is 25.7 Å². The molecule has 2 unspecified atom stereocenters. The average Bonchev–Trinajstić information content (AvgIpc) is 2.27. The van der Waals surface area contributed by atoms with Gasteiger partial charge in [0.05, 0.1) is 18.8 Å². The van der Waals surface area contributed by atoms with Crippen molar-refractivity contribution in [1.82, 2.24) is 10.2 Å². The molecule has 3 N–H and O–H groups in total. The summed E-state index contributed by atoms with van der Waals surface area (Å²) >= 11 is 0. The van der Waals surface area contributed by atoms with Gasteiger partial charge in [-0.1, -0.05) is 20.8 Å². The van der Waals surface area contributed by atoms with Gasteiger partial charge in [-0.15, -0.1) is 0 Å². The Hall–Kier alpha value is -0.650. The van der Waals surface area contributed by atoms with Gasteiger partial charge in [-0.25, -0.2) is 0 Å². The molecular formula is C12H25N3O2. The summed E-state index contributed by atoms with van der Waals surface area (Å²) in [6.07, 6.45) is 1.30. The van der Waals surface area contributed by atoms with E-state index in [2.05, 4.69) is 17.1 Å². The van der Waals surface area contributed by atoms with E-state index in [1.165, 1.54) is 0 Å². The quantitative estimate of drug-likeness (QED) is 0.686. The first-order chi connectivity index (χ1) is 8.02. The van der Waals surface area contributed by atoms with Crippen molar-refractivity contribution >= 4 is 5.91 Å². The van der Waals surface area contributed by atoms with Crippen LogP contribution in [0.3, 0.4) is 0 Å². The summed E-state index contributed by atoms with van der Waals surface area (Å²) in [6.45, 7) is 9.33. The van der Waals surface area contributed by atoms with E-state index in [-0.39, 0.29) is 24.1 Å². The van der Waals surface area contributed by atoms with Crippen LogP contribution in [0.5, 0.6) is 0 Å². The van der Waals surface area contributed by atoms with Crippen LogP contribution in [0.4, 0.5) is 0 Å². The van der Waals surface area contributed by atoms with Gasteiger partial charge in [-0.05, 0) is 6.42 Å². The van der Waals surface area contributed by atoms with Gasteiger partial charge in [0.15, 0.2) is 0 Å². The van der Waals surface area contributed by atoms with Crippen molar-refractivity contribution < 1.29 is 9.53 Å². The van der Waals surface area contributed by atoms with Crippen LogP contribution in [0.1, 0.15) is 27.2 Å². The Bertz CT molecular complexity index is 246. The molecule has 5 nitrogen and oxygen atoms in total. The van der Waals surface area contributed by atoms with Crippen molar-refractivity contribution in [2.45, 2.75) is 45.4 Å². The molecule has 1 amide bonds. The molecule has 0 aromatic rings. The number of ether oxygens (including phenoxy) is 1. The Morgan fingerprint density at radius 2 is 2.29 bits per heavy atom.